The molecule has 4 heteroatoms. The number of hydrogen-bond acceptors (Lipinski definition) is 3. The zero-order chi connectivity index (χ0) is 12.4. The Bertz CT molecular complexity index is 539. The Morgan fingerprint density at radius 2 is 2.24 bits per heavy atom. The fourth-order valence-electron chi connectivity index (χ4n) is 1.80. The highest BCUT2D eigenvalue weighted by Crippen LogP contribution is 2.19. The number of ketones is 1. The Morgan fingerprint density at radius 1 is 1.47 bits per heavy atom. The maximum atomic E-state index is 12.1. The van der Waals surface area contributed by atoms with E-state index in [1.807, 2.05) is 32.2 Å². The van der Waals surface area contributed by atoms with E-state index in [1.54, 1.807) is 16.0 Å². The Balaban J connectivity index is 2.14. The lowest BCUT2D eigenvalue weighted by Gasteiger charge is -1.99. The van der Waals surface area contributed by atoms with Gasteiger partial charge in [-0.05, 0) is 31.5 Å². The van der Waals surface area contributed by atoms with Crippen molar-refractivity contribution in [3.63, 3.8) is 0 Å². The van der Waals surface area contributed by atoms with Gasteiger partial charge in [-0.1, -0.05) is 6.92 Å². The first-order valence-corrected chi connectivity index (χ1v) is 6.53. The summed E-state index contributed by atoms with van der Waals surface area (Å²) in [5, 5.41) is 4.25. The monoisotopic (exact) mass is 248 g/mol. The molecular weight excluding hydrogens is 232 g/mol. The molecule has 0 aliphatic carbocycles. The second-order valence-corrected chi connectivity index (χ2v) is 5.29. The number of rotatable bonds is 4. The smallest absolute Gasteiger partial charge is 0.178 e. The van der Waals surface area contributed by atoms with Gasteiger partial charge in [0, 0.05) is 17.6 Å². The first-order valence-electron chi connectivity index (χ1n) is 5.71. The molecule has 0 saturated heterocycles. The lowest BCUT2D eigenvalue weighted by atomic mass is 10.2. The zero-order valence-electron chi connectivity index (χ0n) is 10.4. The van der Waals surface area contributed by atoms with E-state index in [2.05, 4.69) is 12.0 Å². The average Bonchev–Trinajstić information content (AvgIpc) is 2.86. The predicted molar refractivity (Wildman–Crippen MR) is 69.7 cm³/mol. The molecule has 0 spiro atoms. The average molecular weight is 248 g/mol. The van der Waals surface area contributed by atoms with E-state index in [9.17, 15) is 4.79 Å². The second kappa shape index (κ2) is 4.84. The Hall–Kier alpha value is -1.42. The lowest BCUT2D eigenvalue weighted by Crippen LogP contribution is -2.06. The summed E-state index contributed by atoms with van der Waals surface area (Å²) in [4.78, 5) is 14.2. The van der Waals surface area contributed by atoms with Gasteiger partial charge < -0.3 is 0 Å². The van der Waals surface area contributed by atoms with Crippen molar-refractivity contribution in [3.8, 4) is 0 Å². The number of nitrogens with zero attached hydrogens (tertiary/aromatic N) is 2. The minimum atomic E-state index is 0.178. The molecular formula is C13H16N2OS. The molecule has 0 fully saturated rings. The molecule has 0 aliphatic rings. The van der Waals surface area contributed by atoms with Gasteiger partial charge in [-0.3, -0.25) is 9.48 Å². The summed E-state index contributed by atoms with van der Waals surface area (Å²) in [6.45, 7) is 4.04. The molecule has 0 aliphatic heterocycles. The van der Waals surface area contributed by atoms with Crippen LogP contribution >= 0.6 is 11.3 Å². The summed E-state index contributed by atoms with van der Waals surface area (Å²) >= 11 is 1.59. The SMILES string of the molecule is CCc1ccc(C(=O)Cc2cc(C)nn2C)s1. The molecule has 0 saturated carbocycles. The molecule has 0 aromatic carbocycles. The molecule has 2 aromatic heterocycles. The van der Waals surface area contributed by atoms with Crippen LogP contribution in [-0.2, 0) is 19.9 Å². The molecule has 0 atom stereocenters. The largest absolute Gasteiger partial charge is 0.293 e. The third kappa shape index (κ3) is 2.64. The van der Waals surface area contributed by atoms with E-state index in [1.165, 1.54) is 4.88 Å². The normalized spacial score (nSPS) is 10.8. The van der Waals surface area contributed by atoms with E-state index < -0.39 is 0 Å². The van der Waals surface area contributed by atoms with Crippen LogP contribution in [0.2, 0.25) is 0 Å². The summed E-state index contributed by atoms with van der Waals surface area (Å²) in [6.07, 6.45) is 1.42. The van der Waals surface area contributed by atoms with Gasteiger partial charge in [-0.2, -0.15) is 5.10 Å². The summed E-state index contributed by atoms with van der Waals surface area (Å²) in [5.74, 6) is 0.178. The van der Waals surface area contributed by atoms with Crippen molar-refractivity contribution in [3.05, 3.63) is 39.3 Å². The van der Waals surface area contributed by atoms with E-state index in [0.29, 0.717) is 6.42 Å². The standard InChI is InChI=1S/C13H16N2OS/c1-4-11-5-6-13(17-11)12(16)8-10-7-9(2)14-15(10)3/h5-7H,4,8H2,1-3H3. The van der Waals surface area contributed by atoms with Crippen molar-refractivity contribution < 1.29 is 4.79 Å². The van der Waals surface area contributed by atoms with Gasteiger partial charge in [-0.15, -0.1) is 11.3 Å². The summed E-state index contributed by atoms with van der Waals surface area (Å²) in [5.41, 5.74) is 1.93. The minimum Gasteiger partial charge on any atom is -0.293 e. The number of hydrogen-bond donors (Lipinski definition) is 0. The number of Topliss-reactive ketones (excluding diaryl/α,β-unsaturated/α-hetero) is 1. The summed E-state index contributed by atoms with van der Waals surface area (Å²) in [6, 6.07) is 5.92. The number of carbonyl (C=O) groups is 1. The fraction of sp³-hybridized carbons (Fsp3) is 0.385. The van der Waals surface area contributed by atoms with Gasteiger partial charge in [0.05, 0.1) is 17.0 Å². The maximum Gasteiger partial charge on any atom is 0.178 e. The topological polar surface area (TPSA) is 34.9 Å². The fourth-order valence-corrected chi connectivity index (χ4v) is 2.68. The molecule has 0 amide bonds. The number of aromatic nitrogens is 2. The highest BCUT2D eigenvalue weighted by atomic mass is 32.1. The van der Waals surface area contributed by atoms with E-state index in [-0.39, 0.29) is 5.78 Å². The predicted octanol–water partition coefficient (Wildman–Crippen LogP) is 2.78. The Morgan fingerprint density at radius 3 is 2.76 bits per heavy atom. The van der Waals surface area contributed by atoms with Crippen molar-refractivity contribution in [1.29, 1.82) is 0 Å². The molecule has 0 bridgehead atoms. The Labute approximate surface area is 105 Å². The van der Waals surface area contributed by atoms with Crippen molar-refractivity contribution in [2.75, 3.05) is 0 Å². The van der Waals surface area contributed by atoms with Gasteiger partial charge in [0.2, 0.25) is 0 Å². The van der Waals surface area contributed by atoms with E-state index in [0.717, 1.165) is 22.7 Å². The van der Waals surface area contributed by atoms with Crippen LogP contribution in [0.4, 0.5) is 0 Å². The number of carbonyl (C=O) groups excluding carboxylic acids is 1. The van der Waals surface area contributed by atoms with Crippen LogP contribution in [0.1, 0.15) is 32.9 Å². The molecule has 17 heavy (non-hydrogen) atoms. The van der Waals surface area contributed by atoms with Crippen molar-refractivity contribution in [2.45, 2.75) is 26.7 Å². The molecule has 2 rings (SSSR count). The van der Waals surface area contributed by atoms with Gasteiger partial charge in [0.1, 0.15) is 0 Å². The lowest BCUT2D eigenvalue weighted by molar-refractivity contribution is 0.0994. The van der Waals surface area contributed by atoms with Crippen LogP contribution < -0.4 is 0 Å². The van der Waals surface area contributed by atoms with Gasteiger partial charge in [0.15, 0.2) is 5.78 Å². The van der Waals surface area contributed by atoms with Crippen LogP contribution in [0.3, 0.4) is 0 Å². The molecule has 0 N–H and O–H groups in total. The quantitative estimate of drug-likeness (QED) is 0.780. The molecule has 0 radical (unpaired) electrons. The highest BCUT2D eigenvalue weighted by Gasteiger charge is 2.12. The van der Waals surface area contributed by atoms with Gasteiger partial charge in [0.25, 0.3) is 0 Å². The van der Waals surface area contributed by atoms with Crippen LogP contribution in [0.25, 0.3) is 0 Å². The molecule has 0 unspecified atom stereocenters. The second-order valence-electron chi connectivity index (χ2n) is 4.12. The zero-order valence-corrected chi connectivity index (χ0v) is 11.2. The summed E-state index contributed by atoms with van der Waals surface area (Å²) < 4.78 is 1.78. The molecule has 90 valence electrons. The van der Waals surface area contributed by atoms with Crippen molar-refractivity contribution in [2.24, 2.45) is 7.05 Å². The van der Waals surface area contributed by atoms with Crippen LogP contribution in [-0.4, -0.2) is 15.6 Å². The maximum absolute atomic E-state index is 12.1. The molecule has 2 heterocycles. The van der Waals surface area contributed by atoms with Gasteiger partial charge >= 0.3 is 0 Å². The summed E-state index contributed by atoms with van der Waals surface area (Å²) in [7, 11) is 1.88. The van der Waals surface area contributed by atoms with Crippen LogP contribution in [0.15, 0.2) is 18.2 Å². The van der Waals surface area contributed by atoms with E-state index in [4.69, 9.17) is 0 Å². The molecule has 3 nitrogen and oxygen atoms in total. The minimum absolute atomic E-state index is 0.178. The van der Waals surface area contributed by atoms with Crippen molar-refractivity contribution >= 4 is 17.1 Å². The first-order chi connectivity index (χ1) is 8.10. The Kier molecular flexibility index (Phi) is 3.43. The third-order valence-electron chi connectivity index (χ3n) is 2.73. The number of aryl methyl sites for hydroxylation is 3. The molecule has 2 aromatic rings. The third-order valence-corrected chi connectivity index (χ3v) is 4.00. The van der Waals surface area contributed by atoms with E-state index >= 15 is 0 Å². The highest BCUT2D eigenvalue weighted by molar-refractivity contribution is 7.14. The van der Waals surface area contributed by atoms with Gasteiger partial charge in [-0.25, -0.2) is 0 Å². The first kappa shape index (κ1) is 12.0. The van der Waals surface area contributed by atoms with Crippen molar-refractivity contribution in [1.82, 2.24) is 9.78 Å². The number of thiophene rings is 1. The van der Waals surface area contributed by atoms with Crippen LogP contribution in [0.5, 0.6) is 0 Å². The van der Waals surface area contributed by atoms with Crippen LogP contribution in [0, 0.1) is 6.92 Å².